The van der Waals surface area contributed by atoms with Gasteiger partial charge in [-0.2, -0.15) is 0 Å². The summed E-state index contributed by atoms with van der Waals surface area (Å²) in [5.74, 6) is -1.36. The zero-order valence-corrected chi connectivity index (χ0v) is 9.98. The smallest absolute Gasteiger partial charge is 0.416 e. The Morgan fingerprint density at radius 2 is 2.26 bits per heavy atom. The van der Waals surface area contributed by atoms with Crippen LogP contribution in [0.25, 0.3) is 0 Å². The number of imide groups is 1. The third kappa shape index (κ3) is 3.27. The van der Waals surface area contributed by atoms with E-state index in [-0.39, 0.29) is 32.5 Å². The SMILES string of the molecule is O=C(O)CCc1cn(CC(=O)N2CCOC2=O)nn1. The Labute approximate surface area is 107 Å². The molecule has 1 aliphatic rings. The molecule has 0 spiro atoms. The molecule has 1 N–H and O–H groups in total. The third-order valence-corrected chi connectivity index (χ3v) is 2.54. The number of aryl methyl sites for hydroxylation is 1. The van der Waals surface area contributed by atoms with Crippen LogP contribution in [-0.2, 0) is 27.3 Å². The molecule has 0 aromatic carbocycles. The summed E-state index contributed by atoms with van der Waals surface area (Å²) in [6.45, 7) is 0.305. The number of carboxylic acids is 1. The molecule has 2 amide bonds. The van der Waals surface area contributed by atoms with Crippen LogP contribution in [0.15, 0.2) is 6.20 Å². The van der Waals surface area contributed by atoms with Crippen LogP contribution in [0.1, 0.15) is 12.1 Å². The minimum atomic E-state index is -0.926. The largest absolute Gasteiger partial charge is 0.481 e. The molecular weight excluding hydrogens is 256 g/mol. The molecule has 1 saturated heterocycles. The van der Waals surface area contributed by atoms with Crippen molar-refractivity contribution in [2.75, 3.05) is 13.2 Å². The van der Waals surface area contributed by atoms with E-state index in [9.17, 15) is 14.4 Å². The first-order valence-electron chi connectivity index (χ1n) is 5.64. The van der Waals surface area contributed by atoms with Crippen LogP contribution in [0.5, 0.6) is 0 Å². The number of hydrogen-bond acceptors (Lipinski definition) is 6. The molecule has 1 fully saturated rings. The average molecular weight is 268 g/mol. The monoisotopic (exact) mass is 268 g/mol. The number of rotatable bonds is 5. The molecule has 2 heterocycles. The molecule has 9 nitrogen and oxygen atoms in total. The van der Waals surface area contributed by atoms with Gasteiger partial charge < -0.3 is 9.84 Å². The highest BCUT2D eigenvalue weighted by Crippen LogP contribution is 2.05. The van der Waals surface area contributed by atoms with E-state index in [0.29, 0.717) is 5.69 Å². The summed E-state index contributed by atoms with van der Waals surface area (Å²) >= 11 is 0. The second kappa shape index (κ2) is 5.46. The summed E-state index contributed by atoms with van der Waals surface area (Å²) in [5, 5.41) is 16.0. The summed E-state index contributed by atoms with van der Waals surface area (Å²) in [6, 6.07) is 0. The van der Waals surface area contributed by atoms with Crippen molar-refractivity contribution in [3.8, 4) is 0 Å². The first kappa shape index (κ1) is 13.0. The van der Waals surface area contributed by atoms with Crippen molar-refractivity contribution in [3.63, 3.8) is 0 Å². The minimum Gasteiger partial charge on any atom is -0.481 e. The Hall–Kier alpha value is -2.45. The third-order valence-electron chi connectivity index (χ3n) is 2.54. The molecule has 102 valence electrons. The van der Waals surface area contributed by atoms with Gasteiger partial charge in [0.2, 0.25) is 0 Å². The number of carboxylic acid groups (broad SMARTS) is 1. The lowest BCUT2D eigenvalue weighted by molar-refractivity contribution is -0.137. The zero-order valence-electron chi connectivity index (χ0n) is 9.98. The van der Waals surface area contributed by atoms with Gasteiger partial charge in [0.05, 0.1) is 18.7 Å². The fraction of sp³-hybridized carbons (Fsp3) is 0.500. The maximum atomic E-state index is 11.7. The summed E-state index contributed by atoms with van der Waals surface area (Å²) in [6.07, 6.45) is 1.03. The lowest BCUT2D eigenvalue weighted by Crippen LogP contribution is -2.34. The van der Waals surface area contributed by atoms with Crippen LogP contribution < -0.4 is 0 Å². The van der Waals surface area contributed by atoms with Gasteiger partial charge in [-0.05, 0) is 0 Å². The van der Waals surface area contributed by atoms with Gasteiger partial charge in [0.25, 0.3) is 5.91 Å². The number of amides is 2. The fourth-order valence-corrected chi connectivity index (χ4v) is 1.61. The molecule has 0 atom stereocenters. The normalized spacial score (nSPS) is 14.5. The molecule has 1 aromatic heterocycles. The highest BCUT2D eigenvalue weighted by atomic mass is 16.6. The molecule has 0 unspecified atom stereocenters. The minimum absolute atomic E-state index is 0.0505. The van der Waals surface area contributed by atoms with Gasteiger partial charge >= 0.3 is 12.1 Å². The zero-order chi connectivity index (χ0) is 13.8. The van der Waals surface area contributed by atoms with Crippen molar-refractivity contribution in [1.29, 1.82) is 0 Å². The van der Waals surface area contributed by atoms with E-state index in [2.05, 4.69) is 15.0 Å². The molecule has 1 aromatic rings. The number of ether oxygens (including phenoxy) is 1. The van der Waals surface area contributed by atoms with E-state index in [1.165, 1.54) is 10.9 Å². The van der Waals surface area contributed by atoms with Crippen molar-refractivity contribution >= 4 is 18.0 Å². The lowest BCUT2D eigenvalue weighted by Gasteiger charge is -2.09. The van der Waals surface area contributed by atoms with Gasteiger partial charge in [0.15, 0.2) is 0 Å². The number of aliphatic carboxylic acids is 1. The van der Waals surface area contributed by atoms with Gasteiger partial charge in [0, 0.05) is 12.6 Å². The summed E-state index contributed by atoms with van der Waals surface area (Å²) < 4.78 is 5.92. The van der Waals surface area contributed by atoms with Crippen LogP contribution in [0, 0.1) is 0 Å². The number of cyclic esters (lactones) is 1. The Morgan fingerprint density at radius 3 is 2.89 bits per heavy atom. The molecule has 0 bridgehead atoms. The predicted molar refractivity (Wildman–Crippen MR) is 59.0 cm³/mol. The van der Waals surface area contributed by atoms with E-state index in [4.69, 9.17) is 5.11 Å². The first-order valence-corrected chi connectivity index (χ1v) is 5.64. The van der Waals surface area contributed by atoms with Crippen LogP contribution in [0.4, 0.5) is 4.79 Å². The Kier molecular flexibility index (Phi) is 3.74. The van der Waals surface area contributed by atoms with E-state index >= 15 is 0 Å². The standard InChI is InChI=1S/C10H12N4O5/c15-8(14-3-4-19-10(14)18)6-13-5-7(11-12-13)1-2-9(16)17/h5H,1-4,6H2,(H,16,17). The average Bonchev–Trinajstić information content (AvgIpc) is 2.95. The number of nitrogens with zero attached hydrogens (tertiary/aromatic N) is 4. The second-order valence-corrected chi connectivity index (χ2v) is 3.96. The fourth-order valence-electron chi connectivity index (χ4n) is 1.61. The van der Waals surface area contributed by atoms with Crippen LogP contribution in [-0.4, -0.2) is 56.1 Å². The number of carbonyl (C=O) groups is 3. The lowest BCUT2D eigenvalue weighted by atomic mass is 10.2. The maximum absolute atomic E-state index is 11.7. The van der Waals surface area contributed by atoms with Crippen molar-refractivity contribution in [2.45, 2.75) is 19.4 Å². The first-order chi connectivity index (χ1) is 9.06. The van der Waals surface area contributed by atoms with Gasteiger partial charge in [-0.25, -0.2) is 14.4 Å². The van der Waals surface area contributed by atoms with Crippen molar-refractivity contribution < 1.29 is 24.2 Å². The Balaban J connectivity index is 1.90. The second-order valence-electron chi connectivity index (χ2n) is 3.96. The number of aromatic nitrogens is 3. The van der Waals surface area contributed by atoms with Gasteiger partial charge in [0.1, 0.15) is 13.2 Å². The molecule has 0 saturated carbocycles. The van der Waals surface area contributed by atoms with Crippen molar-refractivity contribution in [1.82, 2.24) is 19.9 Å². The summed E-state index contributed by atoms with van der Waals surface area (Å²) in [7, 11) is 0. The molecule has 9 heteroatoms. The maximum Gasteiger partial charge on any atom is 0.416 e. The summed E-state index contributed by atoms with van der Waals surface area (Å²) in [5.41, 5.74) is 0.485. The molecular formula is C10H12N4O5. The van der Waals surface area contributed by atoms with Gasteiger partial charge in [-0.3, -0.25) is 9.59 Å². The Morgan fingerprint density at radius 1 is 1.47 bits per heavy atom. The molecule has 19 heavy (non-hydrogen) atoms. The van der Waals surface area contributed by atoms with Gasteiger partial charge in [-0.15, -0.1) is 5.10 Å². The van der Waals surface area contributed by atoms with Crippen molar-refractivity contribution in [2.24, 2.45) is 0 Å². The van der Waals surface area contributed by atoms with E-state index in [1.807, 2.05) is 0 Å². The van der Waals surface area contributed by atoms with E-state index in [0.717, 1.165) is 4.90 Å². The quantitative estimate of drug-likeness (QED) is 0.748. The van der Waals surface area contributed by atoms with E-state index in [1.54, 1.807) is 0 Å². The predicted octanol–water partition coefficient (Wildman–Crippen LogP) is -0.726. The Bertz CT molecular complexity index is 512. The van der Waals surface area contributed by atoms with Gasteiger partial charge in [-0.1, -0.05) is 5.21 Å². The van der Waals surface area contributed by atoms with Crippen LogP contribution >= 0.6 is 0 Å². The molecule has 0 aliphatic carbocycles. The van der Waals surface area contributed by atoms with Crippen LogP contribution in [0.3, 0.4) is 0 Å². The number of hydrogen-bond donors (Lipinski definition) is 1. The topological polar surface area (TPSA) is 115 Å². The highest BCUT2D eigenvalue weighted by molar-refractivity contribution is 5.92. The highest BCUT2D eigenvalue weighted by Gasteiger charge is 2.28. The number of carbonyl (C=O) groups excluding carboxylic acids is 2. The van der Waals surface area contributed by atoms with E-state index < -0.39 is 18.0 Å². The van der Waals surface area contributed by atoms with Crippen LogP contribution in [0.2, 0.25) is 0 Å². The molecule has 2 rings (SSSR count). The molecule has 1 aliphatic heterocycles. The summed E-state index contributed by atoms with van der Waals surface area (Å²) in [4.78, 5) is 34.3. The molecule has 0 radical (unpaired) electrons. The van der Waals surface area contributed by atoms with Crippen molar-refractivity contribution in [3.05, 3.63) is 11.9 Å².